The first-order chi connectivity index (χ1) is 8.10. The van der Waals surface area contributed by atoms with Crippen LogP contribution in [0.25, 0.3) is 0 Å². The zero-order valence-electron chi connectivity index (χ0n) is 10.6. The largest absolute Gasteiger partial charge is 0.364 e. The summed E-state index contributed by atoms with van der Waals surface area (Å²) in [5.41, 5.74) is -0.124. The lowest BCUT2D eigenvalue weighted by molar-refractivity contribution is 0.475. The van der Waals surface area contributed by atoms with Gasteiger partial charge in [0.15, 0.2) is 5.82 Å². The quantitative estimate of drug-likeness (QED) is 0.795. The van der Waals surface area contributed by atoms with Crippen LogP contribution in [0.3, 0.4) is 0 Å². The Morgan fingerprint density at radius 2 is 2.12 bits per heavy atom. The van der Waals surface area contributed by atoms with E-state index in [1.165, 1.54) is 4.57 Å². The van der Waals surface area contributed by atoms with Gasteiger partial charge >= 0.3 is 0 Å². The minimum absolute atomic E-state index is 0.0247. The molecule has 1 N–H and O–H groups in total. The molecule has 1 rings (SSSR count). The maximum absolute atomic E-state index is 11.7. The van der Waals surface area contributed by atoms with Crippen molar-refractivity contribution in [1.29, 1.82) is 0 Å². The fraction of sp³-hybridized carbons (Fsp3) is 0.667. The summed E-state index contributed by atoms with van der Waals surface area (Å²) in [6.45, 7) is 4.83. The van der Waals surface area contributed by atoms with Crippen molar-refractivity contribution in [1.82, 2.24) is 9.55 Å². The summed E-state index contributed by atoms with van der Waals surface area (Å²) in [5.74, 6) is 0.836. The van der Waals surface area contributed by atoms with Crippen molar-refractivity contribution in [3.05, 3.63) is 22.7 Å². The third-order valence-corrected chi connectivity index (χ3v) is 3.55. The number of aryl methyl sites for hydroxylation is 1. The Morgan fingerprint density at radius 3 is 2.71 bits per heavy atom. The molecule has 0 aliphatic rings. The first-order valence-electron chi connectivity index (χ1n) is 5.99. The molecule has 0 bridgehead atoms. The molecule has 1 aromatic rings. The Morgan fingerprint density at radius 1 is 1.47 bits per heavy atom. The van der Waals surface area contributed by atoms with Gasteiger partial charge in [0.25, 0.3) is 5.56 Å². The number of nitrogens with one attached hydrogen (secondary N) is 1. The lowest BCUT2D eigenvalue weighted by Crippen LogP contribution is -2.28. The molecule has 96 valence electrons. The number of rotatable bonds is 6. The zero-order chi connectivity index (χ0) is 12.8. The number of nitrogens with zero attached hydrogens (tertiary/aromatic N) is 2. The second kappa shape index (κ2) is 6.64. The molecule has 0 fully saturated rings. The highest BCUT2D eigenvalue weighted by Gasteiger charge is 2.16. The third-order valence-electron chi connectivity index (χ3n) is 3.04. The first kappa shape index (κ1) is 14.0. The minimum Gasteiger partial charge on any atom is -0.364 e. The Bertz CT molecular complexity index is 401. The Hall–Kier alpha value is -1.03. The van der Waals surface area contributed by atoms with E-state index >= 15 is 0 Å². The molecule has 0 spiro atoms. The fourth-order valence-electron chi connectivity index (χ4n) is 1.78. The number of hydrogen-bond donors (Lipinski definition) is 1. The smallest absolute Gasteiger partial charge is 0.293 e. The van der Waals surface area contributed by atoms with E-state index < -0.39 is 0 Å². The van der Waals surface area contributed by atoms with Crippen LogP contribution in [-0.4, -0.2) is 21.5 Å². The molecular weight excluding hydrogens is 238 g/mol. The summed E-state index contributed by atoms with van der Waals surface area (Å²) >= 11 is 6.29. The van der Waals surface area contributed by atoms with Crippen molar-refractivity contribution in [3.8, 4) is 0 Å². The van der Waals surface area contributed by atoms with Crippen LogP contribution in [0.15, 0.2) is 17.2 Å². The topological polar surface area (TPSA) is 46.9 Å². The van der Waals surface area contributed by atoms with Crippen LogP contribution in [0.2, 0.25) is 0 Å². The molecule has 0 saturated heterocycles. The summed E-state index contributed by atoms with van der Waals surface area (Å²) in [6, 6.07) is 0. The summed E-state index contributed by atoms with van der Waals surface area (Å²) in [6.07, 6.45) is 5.33. The number of hydrogen-bond acceptors (Lipinski definition) is 3. The lowest BCUT2D eigenvalue weighted by atomic mass is 9.99. The van der Waals surface area contributed by atoms with Gasteiger partial charge in [-0.3, -0.25) is 4.79 Å². The van der Waals surface area contributed by atoms with Gasteiger partial charge in [0.05, 0.1) is 5.38 Å². The molecule has 1 aromatic heterocycles. The third kappa shape index (κ3) is 3.73. The summed E-state index contributed by atoms with van der Waals surface area (Å²) < 4.78 is 1.50. The molecule has 17 heavy (non-hydrogen) atoms. The van der Waals surface area contributed by atoms with Crippen LogP contribution in [0.5, 0.6) is 0 Å². The molecule has 0 radical (unpaired) electrons. The van der Waals surface area contributed by atoms with Crippen molar-refractivity contribution < 1.29 is 0 Å². The van der Waals surface area contributed by atoms with Crippen LogP contribution in [0, 0.1) is 5.92 Å². The maximum Gasteiger partial charge on any atom is 0.293 e. The number of alkyl halides is 1. The van der Waals surface area contributed by atoms with E-state index in [-0.39, 0.29) is 10.9 Å². The molecule has 0 aliphatic heterocycles. The van der Waals surface area contributed by atoms with Crippen molar-refractivity contribution in [2.75, 3.05) is 11.9 Å². The fourth-order valence-corrected chi connectivity index (χ4v) is 2.21. The van der Waals surface area contributed by atoms with E-state index in [1.54, 1.807) is 19.4 Å². The molecule has 0 amide bonds. The minimum atomic E-state index is -0.124. The molecule has 5 heteroatoms. The summed E-state index contributed by atoms with van der Waals surface area (Å²) in [7, 11) is 1.70. The Balaban J connectivity index is 2.61. The average molecular weight is 258 g/mol. The Kier molecular flexibility index (Phi) is 5.48. The first-order valence-corrected chi connectivity index (χ1v) is 6.43. The van der Waals surface area contributed by atoms with Crippen LogP contribution in [0.1, 0.15) is 26.7 Å². The molecule has 0 saturated carbocycles. The van der Waals surface area contributed by atoms with Crippen LogP contribution >= 0.6 is 11.6 Å². The van der Waals surface area contributed by atoms with Crippen LogP contribution in [0.4, 0.5) is 5.82 Å². The van der Waals surface area contributed by atoms with Crippen molar-refractivity contribution in [3.63, 3.8) is 0 Å². The highest BCUT2D eigenvalue weighted by molar-refractivity contribution is 6.21. The van der Waals surface area contributed by atoms with Gasteiger partial charge in [-0.1, -0.05) is 26.7 Å². The van der Waals surface area contributed by atoms with E-state index in [0.717, 1.165) is 12.8 Å². The van der Waals surface area contributed by atoms with Gasteiger partial charge in [0.1, 0.15) is 0 Å². The highest BCUT2D eigenvalue weighted by Crippen LogP contribution is 2.18. The van der Waals surface area contributed by atoms with Crippen LogP contribution in [-0.2, 0) is 7.05 Å². The van der Waals surface area contributed by atoms with Crippen molar-refractivity contribution in [2.45, 2.75) is 32.1 Å². The van der Waals surface area contributed by atoms with Gasteiger partial charge in [-0.15, -0.1) is 11.6 Å². The van der Waals surface area contributed by atoms with E-state index in [4.69, 9.17) is 11.6 Å². The van der Waals surface area contributed by atoms with E-state index in [0.29, 0.717) is 18.3 Å². The van der Waals surface area contributed by atoms with Gasteiger partial charge in [-0.25, -0.2) is 4.98 Å². The van der Waals surface area contributed by atoms with Crippen LogP contribution < -0.4 is 10.9 Å². The molecule has 1 atom stereocenters. The molecule has 4 nitrogen and oxygen atoms in total. The molecule has 1 unspecified atom stereocenters. The van der Waals surface area contributed by atoms with Gasteiger partial charge in [-0.05, 0) is 5.92 Å². The lowest BCUT2D eigenvalue weighted by Gasteiger charge is -2.19. The second-order valence-electron chi connectivity index (χ2n) is 4.17. The normalized spacial score (nSPS) is 12.8. The van der Waals surface area contributed by atoms with E-state index in [9.17, 15) is 4.79 Å². The second-order valence-corrected chi connectivity index (χ2v) is 4.73. The monoisotopic (exact) mass is 257 g/mol. The summed E-state index contributed by atoms with van der Waals surface area (Å²) in [5, 5.41) is 3.05. The SMILES string of the molecule is CCC(CC)C(Cl)CNc1nccn(C)c1=O. The zero-order valence-corrected chi connectivity index (χ0v) is 11.4. The van der Waals surface area contributed by atoms with Gasteiger partial charge in [0, 0.05) is 26.0 Å². The number of halogens is 1. The molecule has 0 aromatic carbocycles. The van der Waals surface area contributed by atoms with Gasteiger partial charge in [-0.2, -0.15) is 0 Å². The van der Waals surface area contributed by atoms with Gasteiger partial charge < -0.3 is 9.88 Å². The van der Waals surface area contributed by atoms with Crippen molar-refractivity contribution in [2.24, 2.45) is 13.0 Å². The predicted molar refractivity (Wildman–Crippen MR) is 71.7 cm³/mol. The average Bonchev–Trinajstić information content (AvgIpc) is 2.32. The maximum atomic E-state index is 11.7. The standard InChI is InChI=1S/C12H20ClN3O/c1-4-9(5-2)10(13)8-15-11-12(17)16(3)7-6-14-11/h6-7,9-10H,4-5,8H2,1-3H3,(H,14,15). The Labute approximate surface area is 107 Å². The number of anilines is 1. The molecule has 0 aliphatic carbocycles. The van der Waals surface area contributed by atoms with E-state index in [1.807, 2.05) is 0 Å². The molecule has 1 heterocycles. The summed E-state index contributed by atoms with van der Waals surface area (Å²) in [4.78, 5) is 15.7. The predicted octanol–water partition coefficient (Wildman–Crippen LogP) is 2.24. The van der Waals surface area contributed by atoms with Gasteiger partial charge in [0.2, 0.25) is 0 Å². The van der Waals surface area contributed by atoms with E-state index in [2.05, 4.69) is 24.1 Å². The number of aromatic nitrogens is 2. The molecular formula is C12H20ClN3O. The highest BCUT2D eigenvalue weighted by atomic mass is 35.5. The van der Waals surface area contributed by atoms with Crippen molar-refractivity contribution >= 4 is 17.4 Å².